The Labute approximate surface area is 112 Å². The third-order valence-corrected chi connectivity index (χ3v) is 3.22. The first-order valence-corrected chi connectivity index (χ1v) is 6.44. The molecule has 1 aliphatic heterocycles. The van der Waals surface area contributed by atoms with Crippen molar-refractivity contribution in [3.8, 4) is 5.75 Å². The molecule has 0 saturated carbocycles. The first-order chi connectivity index (χ1) is 9.15. The minimum absolute atomic E-state index is 0.0758. The fraction of sp³-hybridized carbons (Fsp3) is 0.429. The SMILES string of the molecule is CC(=O)N1CCC(NC(=O)Oc2ccccc2)CC1. The second-order valence-electron chi connectivity index (χ2n) is 4.63. The number of benzene rings is 1. The summed E-state index contributed by atoms with van der Waals surface area (Å²) < 4.78 is 5.16. The van der Waals surface area contributed by atoms with Gasteiger partial charge in [-0.15, -0.1) is 0 Å². The Morgan fingerprint density at radius 3 is 2.42 bits per heavy atom. The Kier molecular flexibility index (Phi) is 4.39. The molecule has 2 rings (SSSR count). The zero-order valence-electron chi connectivity index (χ0n) is 11.0. The predicted molar refractivity (Wildman–Crippen MR) is 70.9 cm³/mol. The van der Waals surface area contributed by atoms with E-state index in [4.69, 9.17) is 4.74 Å². The first-order valence-electron chi connectivity index (χ1n) is 6.44. The third-order valence-electron chi connectivity index (χ3n) is 3.22. The smallest absolute Gasteiger partial charge is 0.410 e. The largest absolute Gasteiger partial charge is 0.412 e. The molecular formula is C14H18N2O3. The highest BCUT2D eigenvalue weighted by atomic mass is 16.6. The quantitative estimate of drug-likeness (QED) is 0.884. The average molecular weight is 262 g/mol. The van der Waals surface area contributed by atoms with Gasteiger partial charge >= 0.3 is 6.09 Å². The highest BCUT2D eigenvalue weighted by Gasteiger charge is 2.22. The average Bonchev–Trinajstić information content (AvgIpc) is 2.40. The topological polar surface area (TPSA) is 58.6 Å². The molecule has 0 unspecified atom stereocenters. The van der Waals surface area contributed by atoms with Crippen molar-refractivity contribution in [2.24, 2.45) is 0 Å². The lowest BCUT2D eigenvalue weighted by molar-refractivity contribution is -0.129. The monoisotopic (exact) mass is 262 g/mol. The number of piperidine rings is 1. The van der Waals surface area contributed by atoms with Gasteiger partial charge in [0.05, 0.1) is 0 Å². The van der Waals surface area contributed by atoms with Crippen LogP contribution in [0.5, 0.6) is 5.75 Å². The molecule has 0 atom stereocenters. The van der Waals surface area contributed by atoms with Crippen LogP contribution in [-0.2, 0) is 4.79 Å². The number of nitrogens with one attached hydrogen (secondary N) is 1. The number of para-hydroxylation sites is 1. The number of rotatable bonds is 2. The zero-order chi connectivity index (χ0) is 13.7. The van der Waals surface area contributed by atoms with Crippen molar-refractivity contribution in [2.45, 2.75) is 25.8 Å². The van der Waals surface area contributed by atoms with Crippen LogP contribution in [0.1, 0.15) is 19.8 Å². The molecule has 2 amide bonds. The Morgan fingerprint density at radius 1 is 1.21 bits per heavy atom. The van der Waals surface area contributed by atoms with Gasteiger partial charge in [-0.2, -0.15) is 0 Å². The molecule has 0 bridgehead atoms. The summed E-state index contributed by atoms with van der Waals surface area (Å²) >= 11 is 0. The van der Waals surface area contributed by atoms with E-state index in [2.05, 4.69) is 5.32 Å². The van der Waals surface area contributed by atoms with Crippen LogP contribution in [0.15, 0.2) is 30.3 Å². The molecule has 1 fully saturated rings. The van der Waals surface area contributed by atoms with Crippen LogP contribution < -0.4 is 10.1 Å². The van der Waals surface area contributed by atoms with Gasteiger partial charge in [-0.05, 0) is 25.0 Å². The number of ether oxygens (including phenoxy) is 1. The summed E-state index contributed by atoms with van der Waals surface area (Å²) in [6, 6.07) is 9.03. The number of carbonyl (C=O) groups is 2. The molecule has 5 nitrogen and oxygen atoms in total. The minimum Gasteiger partial charge on any atom is -0.410 e. The van der Waals surface area contributed by atoms with E-state index in [-0.39, 0.29) is 11.9 Å². The van der Waals surface area contributed by atoms with Gasteiger partial charge in [0.25, 0.3) is 0 Å². The number of hydrogen-bond donors (Lipinski definition) is 1. The summed E-state index contributed by atoms with van der Waals surface area (Å²) in [5.41, 5.74) is 0. The Balaban J connectivity index is 1.76. The van der Waals surface area contributed by atoms with E-state index in [1.54, 1.807) is 24.0 Å². The Bertz CT molecular complexity index is 439. The normalized spacial score (nSPS) is 15.9. The standard InChI is InChI=1S/C14H18N2O3/c1-11(17)16-9-7-12(8-10-16)15-14(18)19-13-5-3-2-4-6-13/h2-6,12H,7-10H2,1H3,(H,15,18). The summed E-state index contributed by atoms with van der Waals surface area (Å²) in [5.74, 6) is 0.617. The maximum Gasteiger partial charge on any atom is 0.412 e. The van der Waals surface area contributed by atoms with Crippen LogP contribution in [0, 0.1) is 0 Å². The van der Waals surface area contributed by atoms with Gasteiger partial charge < -0.3 is 15.0 Å². The molecule has 102 valence electrons. The van der Waals surface area contributed by atoms with E-state index >= 15 is 0 Å². The van der Waals surface area contributed by atoms with Crippen LogP contribution in [-0.4, -0.2) is 36.0 Å². The second kappa shape index (κ2) is 6.22. The second-order valence-corrected chi connectivity index (χ2v) is 4.63. The van der Waals surface area contributed by atoms with E-state index in [1.807, 2.05) is 18.2 Å². The van der Waals surface area contributed by atoms with Gasteiger partial charge in [-0.3, -0.25) is 4.79 Å². The zero-order valence-corrected chi connectivity index (χ0v) is 11.0. The van der Waals surface area contributed by atoms with Crippen LogP contribution in [0.2, 0.25) is 0 Å². The number of nitrogens with zero attached hydrogens (tertiary/aromatic N) is 1. The third kappa shape index (κ3) is 3.98. The highest BCUT2D eigenvalue weighted by Crippen LogP contribution is 2.12. The Hall–Kier alpha value is -2.04. The lowest BCUT2D eigenvalue weighted by Crippen LogP contribution is -2.46. The van der Waals surface area contributed by atoms with Crippen LogP contribution in [0.4, 0.5) is 4.79 Å². The summed E-state index contributed by atoms with van der Waals surface area (Å²) in [4.78, 5) is 24.7. The minimum atomic E-state index is -0.438. The van der Waals surface area contributed by atoms with Crippen molar-refractivity contribution in [3.63, 3.8) is 0 Å². The number of carbonyl (C=O) groups excluding carboxylic acids is 2. The van der Waals surface area contributed by atoms with Gasteiger partial charge in [0, 0.05) is 26.1 Å². The first kappa shape index (κ1) is 13.4. The van der Waals surface area contributed by atoms with Crippen molar-refractivity contribution < 1.29 is 14.3 Å². The van der Waals surface area contributed by atoms with E-state index < -0.39 is 6.09 Å². The fourth-order valence-corrected chi connectivity index (χ4v) is 2.13. The maximum atomic E-state index is 11.7. The van der Waals surface area contributed by atoms with Crippen LogP contribution in [0.3, 0.4) is 0 Å². The molecule has 0 aromatic heterocycles. The van der Waals surface area contributed by atoms with E-state index in [0.717, 1.165) is 12.8 Å². The van der Waals surface area contributed by atoms with Gasteiger partial charge in [0.2, 0.25) is 5.91 Å². The van der Waals surface area contributed by atoms with Crippen molar-refractivity contribution in [1.82, 2.24) is 10.2 Å². The summed E-state index contributed by atoms with van der Waals surface area (Å²) in [7, 11) is 0. The molecule has 0 aliphatic carbocycles. The van der Waals surface area contributed by atoms with Gasteiger partial charge in [-0.1, -0.05) is 18.2 Å². The van der Waals surface area contributed by atoms with Gasteiger partial charge in [-0.25, -0.2) is 4.79 Å². The lowest BCUT2D eigenvalue weighted by Gasteiger charge is -2.31. The summed E-state index contributed by atoms with van der Waals surface area (Å²) in [6.07, 6.45) is 1.10. The predicted octanol–water partition coefficient (Wildman–Crippen LogP) is 1.79. The molecule has 19 heavy (non-hydrogen) atoms. The molecule has 1 saturated heterocycles. The number of likely N-dealkylation sites (tertiary alicyclic amines) is 1. The molecule has 1 aromatic rings. The number of amides is 2. The Morgan fingerprint density at radius 2 is 1.84 bits per heavy atom. The molecule has 1 aliphatic rings. The van der Waals surface area contributed by atoms with E-state index in [0.29, 0.717) is 18.8 Å². The molecule has 1 aromatic carbocycles. The van der Waals surface area contributed by atoms with Crippen molar-refractivity contribution >= 4 is 12.0 Å². The van der Waals surface area contributed by atoms with Crippen LogP contribution >= 0.6 is 0 Å². The summed E-state index contributed by atoms with van der Waals surface area (Å²) in [6.45, 7) is 2.94. The molecule has 1 heterocycles. The molecule has 0 radical (unpaired) electrons. The maximum absolute atomic E-state index is 11.7. The number of hydrogen-bond acceptors (Lipinski definition) is 3. The molecule has 0 spiro atoms. The lowest BCUT2D eigenvalue weighted by atomic mass is 10.1. The fourth-order valence-electron chi connectivity index (χ4n) is 2.13. The van der Waals surface area contributed by atoms with Crippen molar-refractivity contribution in [1.29, 1.82) is 0 Å². The molecule has 1 N–H and O–H groups in total. The van der Waals surface area contributed by atoms with E-state index in [1.165, 1.54) is 0 Å². The van der Waals surface area contributed by atoms with Crippen LogP contribution in [0.25, 0.3) is 0 Å². The van der Waals surface area contributed by atoms with Crippen molar-refractivity contribution in [2.75, 3.05) is 13.1 Å². The highest BCUT2D eigenvalue weighted by molar-refractivity contribution is 5.73. The molecule has 5 heteroatoms. The van der Waals surface area contributed by atoms with Gasteiger partial charge in [0.1, 0.15) is 5.75 Å². The van der Waals surface area contributed by atoms with E-state index in [9.17, 15) is 9.59 Å². The molecular weight excluding hydrogens is 244 g/mol. The summed E-state index contributed by atoms with van der Waals surface area (Å²) in [5, 5.41) is 2.83. The van der Waals surface area contributed by atoms with Crippen molar-refractivity contribution in [3.05, 3.63) is 30.3 Å². The van der Waals surface area contributed by atoms with Gasteiger partial charge in [0.15, 0.2) is 0 Å².